The Bertz CT molecular complexity index is 826. The predicted octanol–water partition coefficient (Wildman–Crippen LogP) is 3.66. The summed E-state index contributed by atoms with van der Waals surface area (Å²) in [6, 6.07) is 11.3. The van der Waals surface area contributed by atoms with Gasteiger partial charge in [-0.05, 0) is 68.1 Å². The Labute approximate surface area is 142 Å². The molecule has 1 heterocycles. The first kappa shape index (κ1) is 16.2. The molecular weight excluding hydrogens is 300 g/mol. The van der Waals surface area contributed by atoms with Crippen molar-refractivity contribution in [2.45, 2.75) is 40.2 Å². The molecule has 1 atom stereocenters. The lowest BCUT2D eigenvalue weighted by molar-refractivity contribution is -0.121. The van der Waals surface area contributed by atoms with E-state index in [0.29, 0.717) is 5.69 Å². The fourth-order valence-electron chi connectivity index (χ4n) is 2.99. The fraction of sp³-hybridized carbons (Fsp3) is 0.300. The van der Waals surface area contributed by atoms with Crippen LogP contribution >= 0.6 is 0 Å². The number of rotatable bonds is 3. The molecule has 0 aliphatic carbocycles. The number of nitrogens with one attached hydrogen (secondary N) is 1. The lowest BCUT2D eigenvalue weighted by atomic mass is 10.1. The smallest absolute Gasteiger partial charge is 0.256 e. The number of carbonyl (C=O) groups excluding carboxylic acids is 2. The minimum atomic E-state index is -0.514. The summed E-state index contributed by atoms with van der Waals surface area (Å²) in [6.45, 7) is 7.95. The van der Waals surface area contributed by atoms with E-state index in [1.54, 1.807) is 0 Å². The molecule has 1 N–H and O–H groups in total. The molecule has 0 unspecified atom stereocenters. The van der Waals surface area contributed by atoms with E-state index < -0.39 is 6.04 Å². The lowest BCUT2D eigenvalue weighted by Gasteiger charge is -2.19. The summed E-state index contributed by atoms with van der Waals surface area (Å²) >= 11 is 0. The van der Waals surface area contributed by atoms with Gasteiger partial charge in [-0.2, -0.15) is 0 Å². The highest BCUT2D eigenvalue weighted by Gasteiger charge is 2.40. The molecule has 0 aromatic heterocycles. The molecule has 0 bridgehead atoms. The monoisotopic (exact) mass is 322 g/mol. The summed E-state index contributed by atoms with van der Waals surface area (Å²) in [4.78, 5) is 26.5. The van der Waals surface area contributed by atoms with Crippen LogP contribution in [-0.2, 0) is 9.59 Å². The number of aryl methyl sites for hydroxylation is 4. The van der Waals surface area contributed by atoms with Crippen LogP contribution in [0.15, 0.2) is 36.4 Å². The predicted molar refractivity (Wildman–Crippen MR) is 96.4 cm³/mol. The summed E-state index contributed by atoms with van der Waals surface area (Å²) in [5, 5.41) is 3.21. The van der Waals surface area contributed by atoms with Crippen LogP contribution in [0, 0.1) is 27.7 Å². The first-order valence-electron chi connectivity index (χ1n) is 8.14. The number of anilines is 2. The Morgan fingerprint density at radius 2 is 1.62 bits per heavy atom. The fourth-order valence-corrected chi connectivity index (χ4v) is 2.99. The van der Waals surface area contributed by atoms with Crippen molar-refractivity contribution in [3.05, 3.63) is 58.7 Å². The van der Waals surface area contributed by atoms with Crippen molar-refractivity contribution in [1.29, 1.82) is 0 Å². The molecular formula is C20H22N2O2. The maximum absolute atomic E-state index is 12.8. The molecule has 2 aromatic rings. The van der Waals surface area contributed by atoms with E-state index in [2.05, 4.69) is 5.32 Å². The summed E-state index contributed by atoms with van der Waals surface area (Å²) in [6.07, 6.45) is 0.180. The number of imide groups is 1. The number of amides is 2. The molecule has 1 fully saturated rings. The highest BCUT2D eigenvalue weighted by molar-refractivity contribution is 6.23. The lowest BCUT2D eigenvalue weighted by Crippen LogP contribution is -2.35. The normalized spacial score (nSPS) is 17.5. The number of hydrogen-bond acceptors (Lipinski definition) is 3. The number of benzene rings is 2. The van der Waals surface area contributed by atoms with E-state index in [9.17, 15) is 9.59 Å². The first-order chi connectivity index (χ1) is 11.4. The third-order valence-electron chi connectivity index (χ3n) is 4.60. The van der Waals surface area contributed by atoms with Crippen molar-refractivity contribution in [3.8, 4) is 0 Å². The van der Waals surface area contributed by atoms with Crippen LogP contribution in [0.5, 0.6) is 0 Å². The molecule has 0 saturated carbocycles. The Balaban J connectivity index is 1.86. The topological polar surface area (TPSA) is 49.4 Å². The molecule has 2 aromatic carbocycles. The third kappa shape index (κ3) is 2.92. The van der Waals surface area contributed by atoms with Gasteiger partial charge in [0.25, 0.3) is 5.91 Å². The molecule has 1 saturated heterocycles. The van der Waals surface area contributed by atoms with Crippen molar-refractivity contribution in [3.63, 3.8) is 0 Å². The van der Waals surface area contributed by atoms with Gasteiger partial charge >= 0.3 is 0 Å². The molecule has 4 heteroatoms. The molecule has 24 heavy (non-hydrogen) atoms. The van der Waals surface area contributed by atoms with Crippen molar-refractivity contribution in [1.82, 2.24) is 0 Å². The van der Waals surface area contributed by atoms with E-state index in [1.165, 1.54) is 10.5 Å². The van der Waals surface area contributed by atoms with Crippen molar-refractivity contribution < 1.29 is 9.59 Å². The Morgan fingerprint density at radius 1 is 0.917 bits per heavy atom. The van der Waals surface area contributed by atoms with E-state index in [4.69, 9.17) is 0 Å². The molecule has 0 radical (unpaired) electrons. The van der Waals surface area contributed by atoms with Gasteiger partial charge in [-0.1, -0.05) is 18.2 Å². The maximum Gasteiger partial charge on any atom is 0.256 e. The Kier molecular flexibility index (Phi) is 4.14. The van der Waals surface area contributed by atoms with Crippen LogP contribution in [-0.4, -0.2) is 17.9 Å². The van der Waals surface area contributed by atoms with Gasteiger partial charge in [-0.3, -0.25) is 9.59 Å². The molecule has 3 rings (SSSR count). The van der Waals surface area contributed by atoms with Gasteiger partial charge < -0.3 is 5.32 Å². The van der Waals surface area contributed by atoms with Gasteiger partial charge in [0.05, 0.1) is 12.1 Å². The van der Waals surface area contributed by atoms with Crippen molar-refractivity contribution in [2.75, 3.05) is 10.2 Å². The van der Waals surface area contributed by atoms with E-state index in [0.717, 1.165) is 22.4 Å². The zero-order chi connectivity index (χ0) is 17.4. The van der Waals surface area contributed by atoms with Gasteiger partial charge in [0.1, 0.15) is 6.04 Å². The standard InChI is InChI=1S/C20H22N2O2/c1-12-5-6-14(3)18(9-12)22-19(23)11-17(20(22)24)21-16-8-7-13(2)15(4)10-16/h5-10,17,21H,11H2,1-4H3/t17-/m1/s1. The summed E-state index contributed by atoms with van der Waals surface area (Å²) < 4.78 is 0. The second-order valence-electron chi connectivity index (χ2n) is 6.56. The van der Waals surface area contributed by atoms with Gasteiger partial charge in [0, 0.05) is 5.69 Å². The van der Waals surface area contributed by atoms with Crippen LogP contribution in [0.3, 0.4) is 0 Å². The molecule has 124 valence electrons. The maximum atomic E-state index is 12.8. The zero-order valence-electron chi connectivity index (χ0n) is 14.5. The van der Waals surface area contributed by atoms with Crippen LogP contribution in [0.1, 0.15) is 28.7 Å². The van der Waals surface area contributed by atoms with Gasteiger partial charge in [-0.15, -0.1) is 0 Å². The largest absolute Gasteiger partial charge is 0.373 e. The van der Waals surface area contributed by atoms with Crippen LogP contribution in [0.2, 0.25) is 0 Å². The molecule has 0 spiro atoms. The van der Waals surface area contributed by atoms with Gasteiger partial charge in [-0.25, -0.2) is 4.90 Å². The van der Waals surface area contributed by atoms with Gasteiger partial charge in [0.2, 0.25) is 5.91 Å². The quantitative estimate of drug-likeness (QED) is 0.877. The molecule has 1 aliphatic rings. The zero-order valence-corrected chi connectivity index (χ0v) is 14.5. The second-order valence-corrected chi connectivity index (χ2v) is 6.56. The van der Waals surface area contributed by atoms with E-state index >= 15 is 0 Å². The first-order valence-corrected chi connectivity index (χ1v) is 8.14. The molecule has 4 nitrogen and oxygen atoms in total. The SMILES string of the molecule is Cc1ccc(C)c(N2C(=O)C[C@@H](Nc3ccc(C)c(C)c3)C2=O)c1. The number of hydrogen-bond donors (Lipinski definition) is 1. The number of nitrogens with zero attached hydrogens (tertiary/aromatic N) is 1. The summed E-state index contributed by atoms with van der Waals surface area (Å²) in [7, 11) is 0. The summed E-state index contributed by atoms with van der Waals surface area (Å²) in [5.41, 5.74) is 5.87. The average Bonchev–Trinajstić information content (AvgIpc) is 2.80. The Hall–Kier alpha value is -2.62. The second kappa shape index (κ2) is 6.11. The van der Waals surface area contributed by atoms with E-state index in [1.807, 2.05) is 64.1 Å². The average molecular weight is 322 g/mol. The van der Waals surface area contributed by atoms with Gasteiger partial charge in [0.15, 0.2) is 0 Å². The highest BCUT2D eigenvalue weighted by Crippen LogP contribution is 2.28. The van der Waals surface area contributed by atoms with Crippen LogP contribution in [0.4, 0.5) is 11.4 Å². The third-order valence-corrected chi connectivity index (χ3v) is 4.60. The molecule has 2 amide bonds. The van der Waals surface area contributed by atoms with Crippen LogP contribution < -0.4 is 10.2 Å². The van der Waals surface area contributed by atoms with E-state index in [-0.39, 0.29) is 18.2 Å². The highest BCUT2D eigenvalue weighted by atomic mass is 16.2. The minimum Gasteiger partial charge on any atom is -0.373 e. The van der Waals surface area contributed by atoms with Crippen molar-refractivity contribution >= 4 is 23.2 Å². The van der Waals surface area contributed by atoms with Crippen LogP contribution in [0.25, 0.3) is 0 Å². The summed E-state index contributed by atoms with van der Waals surface area (Å²) in [5.74, 6) is -0.345. The minimum absolute atomic E-state index is 0.157. The Morgan fingerprint density at radius 3 is 2.33 bits per heavy atom. The van der Waals surface area contributed by atoms with Crippen molar-refractivity contribution in [2.24, 2.45) is 0 Å². The number of carbonyl (C=O) groups is 2. The molecule has 1 aliphatic heterocycles.